The SMILES string of the molecule is COc1ccc(CCNC(=O)[C@@H](Cc2ccccc2)N(Cc2ccccc2)C(=O)Cc2ccc(OC)c(OC)c2)cc1. The number of amides is 2. The van der Waals surface area contributed by atoms with Gasteiger partial charge in [0.1, 0.15) is 11.8 Å². The van der Waals surface area contributed by atoms with Gasteiger partial charge in [-0.2, -0.15) is 0 Å². The highest BCUT2D eigenvalue weighted by Gasteiger charge is 2.30. The lowest BCUT2D eigenvalue weighted by molar-refractivity contribution is -0.140. The summed E-state index contributed by atoms with van der Waals surface area (Å²) in [5.41, 5.74) is 3.78. The van der Waals surface area contributed by atoms with Crippen LogP contribution >= 0.6 is 0 Å². The monoisotopic (exact) mass is 566 g/mol. The van der Waals surface area contributed by atoms with E-state index >= 15 is 0 Å². The Bertz CT molecular complexity index is 1430. The fraction of sp³-hybridized carbons (Fsp3) is 0.257. The fourth-order valence-electron chi connectivity index (χ4n) is 4.84. The lowest BCUT2D eigenvalue weighted by Crippen LogP contribution is -2.51. The fourth-order valence-corrected chi connectivity index (χ4v) is 4.84. The van der Waals surface area contributed by atoms with Gasteiger partial charge in [-0.05, 0) is 52.9 Å². The van der Waals surface area contributed by atoms with Crippen molar-refractivity contribution in [2.75, 3.05) is 27.9 Å². The molecule has 4 rings (SSSR count). The van der Waals surface area contributed by atoms with E-state index < -0.39 is 6.04 Å². The van der Waals surface area contributed by atoms with E-state index in [1.54, 1.807) is 38.4 Å². The van der Waals surface area contributed by atoms with Crippen molar-refractivity contribution >= 4 is 11.8 Å². The standard InChI is InChI=1S/C35H38N2O5/c1-40-30-17-14-26(15-18-30)20-21-36-35(39)31(22-27-10-6-4-7-11-27)37(25-28-12-8-5-9-13-28)34(38)24-29-16-19-32(41-2)33(23-29)42-3/h4-19,23,31H,20-22,24-25H2,1-3H3,(H,36,39)/t31-/m1/s1. The van der Waals surface area contributed by atoms with Crippen molar-refractivity contribution < 1.29 is 23.8 Å². The molecule has 4 aromatic rings. The molecule has 0 spiro atoms. The average Bonchev–Trinajstić information content (AvgIpc) is 3.03. The van der Waals surface area contributed by atoms with Crippen molar-refractivity contribution in [3.05, 3.63) is 125 Å². The summed E-state index contributed by atoms with van der Waals surface area (Å²) >= 11 is 0. The highest BCUT2D eigenvalue weighted by atomic mass is 16.5. The highest BCUT2D eigenvalue weighted by Crippen LogP contribution is 2.28. The topological polar surface area (TPSA) is 77.1 Å². The van der Waals surface area contributed by atoms with Crippen LogP contribution in [-0.2, 0) is 35.4 Å². The summed E-state index contributed by atoms with van der Waals surface area (Å²) < 4.78 is 16.1. The number of methoxy groups -OCH3 is 3. The third-order valence-electron chi connectivity index (χ3n) is 7.14. The number of carbonyl (C=O) groups is 2. The first-order valence-electron chi connectivity index (χ1n) is 14.0. The Balaban J connectivity index is 1.59. The minimum Gasteiger partial charge on any atom is -0.497 e. The molecule has 0 radical (unpaired) electrons. The van der Waals surface area contributed by atoms with Crippen molar-refractivity contribution in [2.45, 2.75) is 31.8 Å². The Morgan fingerprint density at radius 3 is 1.93 bits per heavy atom. The van der Waals surface area contributed by atoms with Gasteiger partial charge >= 0.3 is 0 Å². The van der Waals surface area contributed by atoms with Crippen LogP contribution in [-0.4, -0.2) is 50.6 Å². The molecule has 7 nitrogen and oxygen atoms in total. The molecule has 0 aromatic heterocycles. The summed E-state index contributed by atoms with van der Waals surface area (Å²) in [6.07, 6.45) is 1.16. The summed E-state index contributed by atoms with van der Waals surface area (Å²) in [4.78, 5) is 29.6. The van der Waals surface area contributed by atoms with Gasteiger partial charge in [0.2, 0.25) is 11.8 Å². The molecule has 1 N–H and O–H groups in total. The highest BCUT2D eigenvalue weighted by molar-refractivity contribution is 5.89. The third-order valence-corrected chi connectivity index (χ3v) is 7.14. The predicted molar refractivity (Wildman–Crippen MR) is 164 cm³/mol. The van der Waals surface area contributed by atoms with E-state index in [9.17, 15) is 9.59 Å². The number of carbonyl (C=O) groups excluding carboxylic acids is 2. The van der Waals surface area contributed by atoms with Crippen molar-refractivity contribution in [1.82, 2.24) is 10.2 Å². The smallest absolute Gasteiger partial charge is 0.243 e. The van der Waals surface area contributed by atoms with Crippen LogP contribution in [0.25, 0.3) is 0 Å². The Labute approximate surface area is 248 Å². The van der Waals surface area contributed by atoms with Gasteiger partial charge in [0, 0.05) is 19.5 Å². The number of benzene rings is 4. The molecule has 0 saturated heterocycles. The van der Waals surface area contributed by atoms with Crippen LogP contribution in [0, 0.1) is 0 Å². The first kappa shape index (κ1) is 30.2. The number of ether oxygens (including phenoxy) is 3. The average molecular weight is 567 g/mol. The maximum Gasteiger partial charge on any atom is 0.243 e. The van der Waals surface area contributed by atoms with Crippen molar-refractivity contribution in [1.29, 1.82) is 0 Å². The lowest BCUT2D eigenvalue weighted by Gasteiger charge is -2.32. The van der Waals surface area contributed by atoms with Gasteiger partial charge in [-0.15, -0.1) is 0 Å². The van der Waals surface area contributed by atoms with Gasteiger partial charge in [0.15, 0.2) is 11.5 Å². The predicted octanol–water partition coefficient (Wildman–Crippen LogP) is 5.25. The Kier molecular flexibility index (Phi) is 11.0. The number of nitrogens with zero attached hydrogens (tertiary/aromatic N) is 1. The van der Waals surface area contributed by atoms with Gasteiger partial charge in [-0.25, -0.2) is 0 Å². The first-order valence-corrected chi connectivity index (χ1v) is 14.0. The molecule has 0 bridgehead atoms. The maximum absolute atomic E-state index is 14.0. The second-order valence-electron chi connectivity index (χ2n) is 9.97. The van der Waals surface area contributed by atoms with Crippen molar-refractivity contribution in [3.8, 4) is 17.2 Å². The van der Waals surface area contributed by atoms with Crippen molar-refractivity contribution in [2.24, 2.45) is 0 Å². The van der Waals surface area contributed by atoms with Gasteiger partial charge in [0.05, 0.1) is 27.8 Å². The number of hydrogen-bond acceptors (Lipinski definition) is 5. The quantitative estimate of drug-likeness (QED) is 0.226. The first-order chi connectivity index (χ1) is 20.5. The van der Waals surface area contributed by atoms with E-state index in [0.29, 0.717) is 37.4 Å². The number of rotatable bonds is 14. The molecule has 0 unspecified atom stereocenters. The largest absolute Gasteiger partial charge is 0.497 e. The molecule has 0 saturated carbocycles. The van der Waals surface area contributed by atoms with Gasteiger partial charge in [0.25, 0.3) is 0 Å². The van der Waals surface area contributed by atoms with Crippen LogP contribution in [0.5, 0.6) is 17.2 Å². The minimum atomic E-state index is -0.712. The van der Waals surface area contributed by atoms with Crippen molar-refractivity contribution in [3.63, 3.8) is 0 Å². The van der Waals surface area contributed by atoms with Crippen LogP contribution in [0.1, 0.15) is 22.3 Å². The second-order valence-corrected chi connectivity index (χ2v) is 9.97. The van der Waals surface area contributed by atoms with E-state index in [4.69, 9.17) is 14.2 Å². The molecule has 42 heavy (non-hydrogen) atoms. The molecular weight excluding hydrogens is 528 g/mol. The van der Waals surface area contributed by atoms with Crippen LogP contribution < -0.4 is 19.5 Å². The Morgan fingerprint density at radius 1 is 0.690 bits per heavy atom. The third kappa shape index (κ3) is 8.36. The molecule has 0 aliphatic carbocycles. The Hall–Kier alpha value is -4.78. The lowest BCUT2D eigenvalue weighted by atomic mass is 10.0. The van der Waals surface area contributed by atoms with Gasteiger partial charge < -0.3 is 24.4 Å². The van der Waals surface area contributed by atoms with E-state index in [1.165, 1.54) is 0 Å². The van der Waals surface area contributed by atoms with Gasteiger partial charge in [-0.1, -0.05) is 78.9 Å². The van der Waals surface area contributed by atoms with Crippen LogP contribution in [0.2, 0.25) is 0 Å². The molecule has 0 aliphatic heterocycles. The molecule has 1 atom stereocenters. The summed E-state index contributed by atoms with van der Waals surface area (Å²) in [5.74, 6) is 1.58. The molecule has 0 aliphatic rings. The van der Waals surface area contributed by atoms with Gasteiger partial charge in [-0.3, -0.25) is 9.59 Å². The van der Waals surface area contributed by atoms with Crippen LogP contribution in [0.3, 0.4) is 0 Å². The van der Waals surface area contributed by atoms with E-state index in [-0.39, 0.29) is 18.2 Å². The number of hydrogen-bond donors (Lipinski definition) is 1. The van der Waals surface area contributed by atoms with Crippen LogP contribution in [0.4, 0.5) is 0 Å². The molecule has 2 amide bonds. The van der Waals surface area contributed by atoms with E-state index in [2.05, 4.69) is 5.32 Å². The van der Waals surface area contributed by atoms with E-state index in [0.717, 1.165) is 28.0 Å². The molecular formula is C35H38N2O5. The molecule has 0 heterocycles. The normalized spacial score (nSPS) is 11.3. The molecule has 7 heteroatoms. The minimum absolute atomic E-state index is 0.109. The van der Waals surface area contributed by atoms with Crippen LogP contribution in [0.15, 0.2) is 103 Å². The zero-order valence-corrected chi connectivity index (χ0v) is 24.4. The van der Waals surface area contributed by atoms with E-state index in [1.807, 2.05) is 91.0 Å². The molecule has 4 aromatic carbocycles. The summed E-state index contributed by atoms with van der Waals surface area (Å²) in [6.45, 7) is 0.746. The molecule has 218 valence electrons. The molecule has 0 fully saturated rings. The summed E-state index contributed by atoms with van der Waals surface area (Å²) in [6, 6.07) is 32.1. The Morgan fingerprint density at radius 2 is 1.31 bits per heavy atom. The summed E-state index contributed by atoms with van der Waals surface area (Å²) in [5, 5.41) is 3.10. The maximum atomic E-state index is 14.0. The summed E-state index contributed by atoms with van der Waals surface area (Å²) in [7, 11) is 4.78. The zero-order valence-electron chi connectivity index (χ0n) is 24.4. The second kappa shape index (κ2) is 15.3. The zero-order chi connectivity index (χ0) is 29.7. The number of nitrogens with one attached hydrogen (secondary N) is 1.